The monoisotopic (exact) mass is 352 g/mol. The third-order valence-corrected chi connectivity index (χ3v) is 4.94. The van der Waals surface area contributed by atoms with E-state index in [-0.39, 0.29) is 0 Å². The van der Waals surface area contributed by atoms with Crippen molar-refractivity contribution in [2.24, 2.45) is 10.2 Å². The van der Waals surface area contributed by atoms with Crippen molar-refractivity contribution in [3.05, 3.63) is 88.5 Å². The summed E-state index contributed by atoms with van der Waals surface area (Å²) in [5, 5.41) is 17.7. The van der Waals surface area contributed by atoms with Crippen molar-refractivity contribution < 1.29 is 0 Å². The van der Waals surface area contributed by atoms with E-state index in [4.69, 9.17) is 5.26 Å². The molecule has 0 aromatic heterocycles. The van der Waals surface area contributed by atoms with Crippen LogP contribution in [0.3, 0.4) is 0 Å². The van der Waals surface area contributed by atoms with E-state index in [1.165, 1.54) is 16.8 Å². The highest BCUT2D eigenvalue weighted by Crippen LogP contribution is 2.34. The summed E-state index contributed by atoms with van der Waals surface area (Å²) in [5.41, 5.74) is 8.51. The van der Waals surface area contributed by atoms with Crippen molar-refractivity contribution in [3.8, 4) is 6.07 Å². The van der Waals surface area contributed by atoms with Crippen LogP contribution in [0.25, 0.3) is 0 Å². The lowest BCUT2D eigenvalue weighted by atomic mass is 10.1. The first kappa shape index (κ1) is 17.0. The molecule has 0 spiro atoms. The van der Waals surface area contributed by atoms with E-state index in [1.54, 1.807) is 12.1 Å². The quantitative estimate of drug-likeness (QED) is 0.534. The number of nitriles is 1. The first-order valence-corrected chi connectivity index (χ1v) is 8.99. The first-order chi connectivity index (χ1) is 13.1. The molecule has 0 amide bonds. The fraction of sp³-hybridized carbons (Fsp3) is 0.174. The lowest BCUT2D eigenvalue weighted by Crippen LogP contribution is -2.14. The Morgan fingerprint density at radius 1 is 0.852 bits per heavy atom. The van der Waals surface area contributed by atoms with E-state index in [0.29, 0.717) is 5.56 Å². The molecule has 0 radical (unpaired) electrons. The Morgan fingerprint density at radius 2 is 1.44 bits per heavy atom. The van der Waals surface area contributed by atoms with Crippen LogP contribution in [-0.4, -0.2) is 0 Å². The molecule has 1 heterocycles. The van der Waals surface area contributed by atoms with Gasteiger partial charge in [0.05, 0.1) is 23.0 Å². The van der Waals surface area contributed by atoms with Crippen LogP contribution < -0.4 is 4.90 Å². The summed E-state index contributed by atoms with van der Waals surface area (Å²) >= 11 is 0. The van der Waals surface area contributed by atoms with Gasteiger partial charge in [0.15, 0.2) is 0 Å². The van der Waals surface area contributed by atoms with Crippen LogP contribution in [0.15, 0.2) is 70.9 Å². The van der Waals surface area contributed by atoms with Gasteiger partial charge in [0.25, 0.3) is 0 Å². The average molecular weight is 352 g/mol. The summed E-state index contributed by atoms with van der Waals surface area (Å²) in [7, 11) is 0. The lowest BCUT2D eigenvalue weighted by Gasteiger charge is -2.20. The maximum absolute atomic E-state index is 8.87. The number of rotatable bonds is 3. The highest BCUT2D eigenvalue weighted by molar-refractivity contribution is 5.63. The molecule has 1 aliphatic heterocycles. The van der Waals surface area contributed by atoms with E-state index < -0.39 is 0 Å². The van der Waals surface area contributed by atoms with Gasteiger partial charge in [-0.25, -0.2) is 0 Å². The zero-order valence-electron chi connectivity index (χ0n) is 15.5. The molecule has 0 saturated carbocycles. The smallest absolute Gasteiger partial charge is 0.0991 e. The normalized spacial score (nSPS) is 13.0. The number of hydrogen-bond donors (Lipinski definition) is 0. The molecule has 0 bridgehead atoms. The van der Waals surface area contributed by atoms with Crippen LogP contribution >= 0.6 is 0 Å². The maximum atomic E-state index is 8.87. The number of fused-ring (bicyclic) bond motifs is 1. The van der Waals surface area contributed by atoms with E-state index >= 15 is 0 Å². The predicted octanol–water partition coefficient (Wildman–Crippen LogP) is 6.11. The molecule has 0 fully saturated rings. The summed E-state index contributed by atoms with van der Waals surface area (Å²) in [6, 6.07) is 22.2. The lowest BCUT2D eigenvalue weighted by molar-refractivity contribution is 0.878. The zero-order chi connectivity index (χ0) is 18.8. The van der Waals surface area contributed by atoms with Crippen molar-refractivity contribution >= 4 is 17.1 Å². The van der Waals surface area contributed by atoms with Crippen LogP contribution in [0.5, 0.6) is 0 Å². The standard InChI is InChI=1S/C23H20N4/c1-16-11-22(27-14-19-5-3-4-6-20(19)15-27)12-17(2)23(16)26-25-21-9-7-18(13-24)8-10-21/h3-12H,14-15H2,1-2H3. The van der Waals surface area contributed by atoms with E-state index in [0.717, 1.165) is 35.6 Å². The van der Waals surface area contributed by atoms with Crippen LogP contribution in [0, 0.1) is 25.2 Å². The number of benzene rings is 3. The topological polar surface area (TPSA) is 51.8 Å². The van der Waals surface area contributed by atoms with E-state index in [9.17, 15) is 0 Å². The van der Waals surface area contributed by atoms with Gasteiger partial charge in [0.2, 0.25) is 0 Å². The molecule has 0 saturated heterocycles. The largest absolute Gasteiger partial charge is 0.363 e. The van der Waals surface area contributed by atoms with Gasteiger partial charge in [-0.05, 0) is 72.5 Å². The molecule has 4 rings (SSSR count). The second kappa shape index (κ2) is 7.05. The molecule has 0 N–H and O–H groups in total. The van der Waals surface area contributed by atoms with Crippen LogP contribution in [0.2, 0.25) is 0 Å². The summed E-state index contributed by atoms with van der Waals surface area (Å²) in [6.07, 6.45) is 0. The number of anilines is 1. The summed E-state index contributed by atoms with van der Waals surface area (Å²) in [4.78, 5) is 2.40. The molecule has 4 heteroatoms. The molecule has 0 atom stereocenters. The third kappa shape index (κ3) is 3.45. The molecule has 132 valence electrons. The molecular formula is C23H20N4. The molecule has 3 aromatic carbocycles. The van der Waals surface area contributed by atoms with E-state index in [2.05, 4.69) is 71.4 Å². The van der Waals surface area contributed by atoms with Crippen LogP contribution in [0.4, 0.5) is 17.1 Å². The minimum absolute atomic E-state index is 0.622. The van der Waals surface area contributed by atoms with Crippen molar-refractivity contribution in [1.82, 2.24) is 0 Å². The number of nitrogens with zero attached hydrogens (tertiary/aromatic N) is 4. The SMILES string of the molecule is Cc1cc(N2Cc3ccccc3C2)cc(C)c1N=Nc1ccc(C#N)cc1. The summed E-state index contributed by atoms with van der Waals surface area (Å²) in [6.45, 7) is 6.04. The number of azo groups is 1. The van der Waals surface area contributed by atoms with Gasteiger partial charge in [-0.1, -0.05) is 24.3 Å². The minimum atomic E-state index is 0.622. The van der Waals surface area contributed by atoms with E-state index in [1.807, 2.05) is 12.1 Å². The molecule has 3 aromatic rings. The average Bonchev–Trinajstić information content (AvgIpc) is 3.12. The molecule has 0 unspecified atom stereocenters. The van der Waals surface area contributed by atoms with Crippen molar-refractivity contribution in [3.63, 3.8) is 0 Å². The second-order valence-corrected chi connectivity index (χ2v) is 6.91. The number of aryl methyl sites for hydroxylation is 2. The molecule has 4 nitrogen and oxygen atoms in total. The molecular weight excluding hydrogens is 332 g/mol. The fourth-order valence-corrected chi connectivity index (χ4v) is 3.50. The molecule has 1 aliphatic rings. The Labute approximate surface area is 159 Å². The van der Waals surface area contributed by atoms with Crippen LogP contribution in [-0.2, 0) is 13.1 Å². The fourth-order valence-electron chi connectivity index (χ4n) is 3.50. The van der Waals surface area contributed by atoms with Gasteiger partial charge in [-0.3, -0.25) is 0 Å². The highest BCUT2D eigenvalue weighted by Gasteiger charge is 2.19. The van der Waals surface area contributed by atoms with Gasteiger partial charge in [0.1, 0.15) is 0 Å². The number of hydrogen-bond acceptors (Lipinski definition) is 4. The summed E-state index contributed by atoms with van der Waals surface area (Å²) in [5.74, 6) is 0. The zero-order valence-corrected chi connectivity index (χ0v) is 15.5. The third-order valence-electron chi connectivity index (χ3n) is 4.94. The van der Waals surface area contributed by atoms with Crippen molar-refractivity contribution in [2.45, 2.75) is 26.9 Å². The van der Waals surface area contributed by atoms with Gasteiger partial charge >= 0.3 is 0 Å². The van der Waals surface area contributed by atoms with Gasteiger partial charge in [-0.2, -0.15) is 15.5 Å². The second-order valence-electron chi connectivity index (χ2n) is 6.91. The maximum Gasteiger partial charge on any atom is 0.0991 e. The Bertz CT molecular complexity index is 1010. The Hall–Kier alpha value is -3.45. The van der Waals surface area contributed by atoms with Crippen molar-refractivity contribution in [2.75, 3.05) is 4.90 Å². The van der Waals surface area contributed by atoms with Crippen molar-refractivity contribution in [1.29, 1.82) is 5.26 Å². The van der Waals surface area contributed by atoms with Gasteiger partial charge < -0.3 is 4.90 Å². The Morgan fingerprint density at radius 3 is 2.00 bits per heavy atom. The first-order valence-electron chi connectivity index (χ1n) is 8.99. The Balaban J connectivity index is 1.57. The van der Waals surface area contributed by atoms with Crippen LogP contribution in [0.1, 0.15) is 27.8 Å². The highest BCUT2D eigenvalue weighted by atomic mass is 15.1. The molecule has 0 aliphatic carbocycles. The predicted molar refractivity (Wildman–Crippen MR) is 108 cm³/mol. The Kier molecular flexibility index (Phi) is 4.43. The molecule has 27 heavy (non-hydrogen) atoms. The summed E-state index contributed by atoms with van der Waals surface area (Å²) < 4.78 is 0. The van der Waals surface area contributed by atoms with Gasteiger partial charge in [0, 0.05) is 18.8 Å². The van der Waals surface area contributed by atoms with Gasteiger partial charge in [-0.15, -0.1) is 0 Å². The minimum Gasteiger partial charge on any atom is -0.363 e.